The maximum Gasteiger partial charge on any atom is 0.250 e. The Kier molecular flexibility index (Phi) is 6.90. The standard InChI is InChI=1S/C11H20N2O4S2/c1-13(2)6-8-17-7-5-12-19(15,16)11-4-3-10(9-14)18-11/h3-4,12,14H,5-9H2,1-2H3. The molecular weight excluding hydrogens is 288 g/mol. The van der Waals surface area contributed by atoms with E-state index in [-0.39, 0.29) is 17.4 Å². The Labute approximate surface area is 118 Å². The van der Waals surface area contributed by atoms with Crippen molar-refractivity contribution in [3.63, 3.8) is 0 Å². The van der Waals surface area contributed by atoms with E-state index in [1.807, 2.05) is 19.0 Å². The zero-order valence-electron chi connectivity index (χ0n) is 11.1. The van der Waals surface area contributed by atoms with Crippen molar-refractivity contribution in [3.05, 3.63) is 17.0 Å². The average molecular weight is 308 g/mol. The molecule has 0 bridgehead atoms. The zero-order valence-corrected chi connectivity index (χ0v) is 12.8. The van der Waals surface area contributed by atoms with E-state index < -0.39 is 10.0 Å². The summed E-state index contributed by atoms with van der Waals surface area (Å²) in [5.41, 5.74) is 0. The molecule has 0 radical (unpaired) electrons. The van der Waals surface area contributed by atoms with Gasteiger partial charge in [0.15, 0.2) is 0 Å². The highest BCUT2D eigenvalue weighted by molar-refractivity contribution is 7.91. The van der Waals surface area contributed by atoms with Gasteiger partial charge in [0.1, 0.15) is 4.21 Å². The van der Waals surface area contributed by atoms with Gasteiger partial charge in [-0.1, -0.05) is 0 Å². The molecule has 0 saturated carbocycles. The largest absolute Gasteiger partial charge is 0.391 e. The summed E-state index contributed by atoms with van der Waals surface area (Å²) in [6.07, 6.45) is 0. The van der Waals surface area contributed by atoms with E-state index in [1.165, 1.54) is 6.07 Å². The predicted octanol–water partition coefficient (Wildman–Crippen LogP) is 0.0969. The number of hydrogen-bond donors (Lipinski definition) is 2. The van der Waals surface area contributed by atoms with Gasteiger partial charge in [0.2, 0.25) is 10.0 Å². The van der Waals surface area contributed by atoms with E-state index in [4.69, 9.17) is 9.84 Å². The number of hydrogen-bond acceptors (Lipinski definition) is 6. The summed E-state index contributed by atoms with van der Waals surface area (Å²) in [6, 6.07) is 3.10. The van der Waals surface area contributed by atoms with E-state index in [1.54, 1.807) is 6.07 Å². The van der Waals surface area contributed by atoms with E-state index in [9.17, 15) is 8.42 Å². The molecule has 0 fully saturated rings. The van der Waals surface area contributed by atoms with Crippen LogP contribution in [-0.2, 0) is 21.4 Å². The lowest BCUT2D eigenvalue weighted by Crippen LogP contribution is -2.28. The second kappa shape index (κ2) is 7.93. The van der Waals surface area contributed by atoms with Gasteiger partial charge in [-0.2, -0.15) is 0 Å². The van der Waals surface area contributed by atoms with Gasteiger partial charge in [0.05, 0.1) is 19.8 Å². The van der Waals surface area contributed by atoms with Crippen molar-refractivity contribution in [1.82, 2.24) is 9.62 Å². The molecule has 1 aromatic heterocycles. The number of ether oxygens (including phenoxy) is 1. The van der Waals surface area contributed by atoms with Crippen LogP contribution >= 0.6 is 11.3 Å². The molecule has 8 heteroatoms. The van der Waals surface area contributed by atoms with Gasteiger partial charge in [0.25, 0.3) is 0 Å². The highest BCUT2D eigenvalue weighted by atomic mass is 32.2. The summed E-state index contributed by atoms with van der Waals surface area (Å²) in [5.74, 6) is 0. The van der Waals surface area contributed by atoms with E-state index in [0.717, 1.165) is 17.9 Å². The van der Waals surface area contributed by atoms with Gasteiger partial charge < -0.3 is 14.7 Å². The summed E-state index contributed by atoms with van der Waals surface area (Å²) in [4.78, 5) is 2.62. The Morgan fingerprint density at radius 3 is 2.68 bits per heavy atom. The van der Waals surface area contributed by atoms with E-state index in [0.29, 0.717) is 18.1 Å². The number of rotatable bonds is 9. The monoisotopic (exact) mass is 308 g/mol. The Bertz CT molecular complexity index is 471. The number of thiophene rings is 1. The molecule has 6 nitrogen and oxygen atoms in total. The summed E-state index contributed by atoms with van der Waals surface area (Å²) in [5, 5.41) is 8.91. The van der Waals surface area contributed by atoms with Crippen molar-refractivity contribution in [2.24, 2.45) is 0 Å². The second-order valence-electron chi connectivity index (χ2n) is 4.19. The minimum absolute atomic E-state index is 0.145. The normalized spacial score (nSPS) is 12.2. The first-order valence-electron chi connectivity index (χ1n) is 5.87. The number of sulfonamides is 1. The van der Waals surface area contributed by atoms with Crippen LogP contribution in [0, 0.1) is 0 Å². The maximum absolute atomic E-state index is 11.9. The van der Waals surface area contributed by atoms with Gasteiger partial charge in [0, 0.05) is 18.0 Å². The quantitative estimate of drug-likeness (QED) is 0.633. The minimum Gasteiger partial charge on any atom is -0.391 e. The molecule has 0 aliphatic rings. The molecule has 1 heterocycles. The van der Waals surface area contributed by atoms with Crippen LogP contribution in [0.5, 0.6) is 0 Å². The number of nitrogens with one attached hydrogen (secondary N) is 1. The number of likely N-dealkylation sites (N-methyl/N-ethyl adjacent to an activating group) is 1. The van der Waals surface area contributed by atoms with Crippen LogP contribution in [0.4, 0.5) is 0 Å². The lowest BCUT2D eigenvalue weighted by atomic mass is 10.5. The highest BCUT2D eigenvalue weighted by Gasteiger charge is 2.15. The van der Waals surface area contributed by atoms with Crippen LogP contribution in [0.15, 0.2) is 16.3 Å². The van der Waals surface area contributed by atoms with Crippen molar-refractivity contribution < 1.29 is 18.3 Å². The zero-order chi connectivity index (χ0) is 14.3. The fourth-order valence-corrected chi connectivity index (χ4v) is 3.53. The first kappa shape index (κ1) is 16.5. The third-order valence-electron chi connectivity index (χ3n) is 2.28. The number of nitrogens with zero attached hydrogens (tertiary/aromatic N) is 1. The van der Waals surface area contributed by atoms with Crippen molar-refractivity contribution in [2.45, 2.75) is 10.8 Å². The average Bonchev–Trinajstić information content (AvgIpc) is 2.82. The third kappa shape index (κ3) is 5.98. The Hall–Kier alpha value is -0.510. The maximum atomic E-state index is 11.9. The second-order valence-corrected chi connectivity index (χ2v) is 7.35. The van der Waals surface area contributed by atoms with Gasteiger partial charge >= 0.3 is 0 Å². The summed E-state index contributed by atoms with van der Waals surface area (Å²) in [6.45, 7) is 1.81. The summed E-state index contributed by atoms with van der Waals surface area (Å²) >= 11 is 1.06. The first-order valence-corrected chi connectivity index (χ1v) is 8.17. The van der Waals surface area contributed by atoms with Crippen LogP contribution in [0.1, 0.15) is 4.88 Å². The van der Waals surface area contributed by atoms with E-state index >= 15 is 0 Å². The lowest BCUT2D eigenvalue weighted by Gasteiger charge is -2.10. The van der Waals surface area contributed by atoms with Crippen molar-refractivity contribution in [2.75, 3.05) is 40.4 Å². The molecule has 0 unspecified atom stereocenters. The summed E-state index contributed by atoms with van der Waals surface area (Å²) < 4.78 is 31.7. The van der Waals surface area contributed by atoms with Crippen LogP contribution in [0.25, 0.3) is 0 Å². The molecule has 0 spiro atoms. The molecule has 2 N–H and O–H groups in total. The topological polar surface area (TPSA) is 78.9 Å². The lowest BCUT2D eigenvalue weighted by molar-refractivity contribution is 0.122. The molecule has 0 aromatic carbocycles. The summed E-state index contributed by atoms with van der Waals surface area (Å²) in [7, 11) is 0.406. The van der Waals surface area contributed by atoms with Crippen LogP contribution in [-0.4, -0.2) is 58.8 Å². The van der Waals surface area contributed by atoms with Crippen molar-refractivity contribution in [1.29, 1.82) is 0 Å². The molecule has 0 amide bonds. The minimum atomic E-state index is -3.49. The molecule has 0 aliphatic heterocycles. The smallest absolute Gasteiger partial charge is 0.250 e. The molecule has 0 saturated heterocycles. The van der Waals surface area contributed by atoms with Gasteiger partial charge in [-0.3, -0.25) is 0 Å². The molecule has 1 rings (SSSR count). The van der Waals surface area contributed by atoms with Crippen LogP contribution < -0.4 is 4.72 Å². The first-order chi connectivity index (χ1) is 8.95. The number of aliphatic hydroxyl groups excluding tert-OH is 1. The molecule has 19 heavy (non-hydrogen) atoms. The van der Waals surface area contributed by atoms with E-state index in [2.05, 4.69) is 4.72 Å². The highest BCUT2D eigenvalue weighted by Crippen LogP contribution is 2.20. The SMILES string of the molecule is CN(C)CCOCCNS(=O)(=O)c1ccc(CO)s1. The third-order valence-corrected chi connectivity index (χ3v) is 5.30. The van der Waals surface area contributed by atoms with Crippen LogP contribution in [0.3, 0.4) is 0 Å². The van der Waals surface area contributed by atoms with Crippen molar-refractivity contribution in [3.8, 4) is 0 Å². The Balaban J connectivity index is 2.31. The van der Waals surface area contributed by atoms with Gasteiger partial charge in [-0.05, 0) is 26.2 Å². The van der Waals surface area contributed by atoms with Gasteiger partial charge in [-0.15, -0.1) is 11.3 Å². The molecule has 0 aliphatic carbocycles. The molecule has 1 aromatic rings. The molecular formula is C11H20N2O4S2. The predicted molar refractivity (Wildman–Crippen MR) is 74.8 cm³/mol. The Morgan fingerprint density at radius 1 is 1.37 bits per heavy atom. The number of aliphatic hydroxyl groups is 1. The molecule has 110 valence electrons. The van der Waals surface area contributed by atoms with Crippen LogP contribution in [0.2, 0.25) is 0 Å². The fraction of sp³-hybridized carbons (Fsp3) is 0.636. The van der Waals surface area contributed by atoms with Crippen molar-refractivity contribution >= 4 is 21.4 Å². The van der Waals surface area contributed by atoms with Gasteiger partial charge in [-0.25, -0.2) is 13.1 Å². The fourth-order valence-electron chi connectivity index (χ4n) is 1.26. The molecule has 0 atom stereocenters. The Morgan fingerprint density at radius 2 is 2.11 bits per heavy atom.